The second-order valence-electron chi connectivity index (χ2n) is 4.79. The molecule has 0 aliphatic carbocycles. The number of carboxylic acids is 1. The van der Waals surface area contributed by atoms with E-state index in [1.165, 1.54) is 11.0 Å². The maximum Gasteiger partial charge on any atom is 0.326 e. The number of amides is 2. The highest BCUT2D eigenvalue weighted by molar-refractivity contribution is 5.82. The third kappa shape index (κ3) is 3.26. The molecule has 2 N–H and O–H groups in total. The normalized spacial score (nSPS) is 18.6. The van der Waals surface area contributed by atoms with Crippen LogP contribution in [-0.2, 0) is 11.3 Å². The van der Waals surface area contributed by atoms with Crippen LogP contribution in [0.4, 0.5) is 9.18 Å². The standard InChI is InChI=1S/C14H17FN2O3/c15-11-6-2-1-5-10(11)9-16-14(20)17-8-4-3-7-12(17)13(18)19/h1-2,5-6,12H,3-4,7-9H2,(H,16,20)(H,18,19). The minimum atomic E-state index is -0.995. The number of piperidine rings is 1. The molecule has 1 heterocycles. The number of nitrogens with one attached hydrogen (secondary N) is 1. The van der Waals surface area contributed by atoms with Crippen LogP contribution in [0.2, 0.25) is 0 Å². The van der Waals surface area contributed by atoms with Crippen molar-refractivity contribution in [2.45, 2.75) is 31.8 Å². The number of carbonyl (C=O) groups is 2. The Kier molecular flexibility index (Phi) is 4.55. The number of likely N-dealkylation sites (tertiary alicyclic amines) is 1. The number of hydrogen-bond donors (Lipinski definition) is 2. The van der Waals surface area contributed by atoms with Crippen LogP contribution in [0.5, 0.6) is 0 Å². The first-order chi connectivity index (χ1) is 9.59. The Balaban J connectivity index is 1.97. The van der Waals surface area contributed by atoms with Gasteiger partial charge in [-0.15, -0.1) is 0 Å². The molecule has 1 fully saturated rings. The molecule has 2 amide bonds. The zero-order valence-electron chi connectivity index (χ0n) is 11.0. The number of rotatable bonds is 3. The van der Waals surface area contributed by atoms with E-state index in [1.807, 2.05) is 0 Å². The maximum absolute atomic E-state index is 13.4. The molecule has 1 aromatic rings. The second-order valence-corrected chi connectivity index (χ2v) is 4.79. The molecule has 1 atom stereocenters. The van der Waals surface area contributed by atoms with Crippen molar-refractivity contribution in [2.24, 2.45) is 0 Å². The Morgan fingerprint density at radius 1 is 1.35 bits per heavy atom. The summed E-state index contributed by atoms with van der Waals surface area (Å²) in [7, 11) is 0. The van der Waals surface area contributed by atoms with E-state index in [1.54, 1.807) is 18.2 Å². The summed E-state index contributed by atoms with van der Waals surface area (Å²) < 4.78 is 13.4. The van der Waals surface area contributed by atoms with Crippen molar-refractivity contribution in [3.63, 3.8) is 0 Å². The molecule has 0 bridgehead atoms. The highest BCUT2D eigenvalue weighted by Gasteiger charge is 2.31. The Morgan fingerprint density at radius 2 is 2.10 bits per heavy atom. The summed E-state index contributed by atoms with van der Waals surface area (Å²) in [6, 6.07) is 4.92. The van der Waals surface area contributed by atoms with Gasteiger partial charge in [-0.3, -0.25) is 0 Å². The zero-order valence-corrected chi connectivity index (χ0v) is 11.0. The molecule has 5 nitrogen and oxygen atoms in total. The van der Waals surface area contributed by atoms with Gasteiger partial charge in [0, 0.05) is 18.7 Å². The van der Waals surface area contributed by atoms with Crippen LogP contribution in [0.3, 0.4) is 0 Å². The smallest absolute Gasteiger partial charge is 0.326 e. The number of halogens is 1. The summed E-state index contributed by atoms with van der Waals surface area (Å²) >= 11 is 0. The van der Waals surface area contributed by atoms with Crippen LogP contribution in [0.15, 0.2) is 24.3 Å². The van der Waals surface area contributed by atoms with Gasteiger partial charge in [-0.1, -0.05) is 18.2 Å². The predicted octanol–water partition coefficient (Wildman–Crippen LogP) is 1.97. The number of urea groups is 1. The van der Waals surface area contributed by atoms with Gasteiger partial charge in [-0.25, -0.2) is 14.0 Å². The van der Waals surface area contributed by atoms with Crippen LogP contribution >= 0.6 is 0 Å². The van der Waals surface area contributed by atoms with Gasteiger partial charge in [0.2, 0.25) is 0 Å². The van der Waals surface area contributed by atoms with Crippen LogP contribution in [-0.4, -0.2) is 34.6 Å². The van der Waals surface area contributed by atoms with E-state index in [2.05, 4.69) is 5.32 Å². The van der Waals surface area contributed by atoms with Gasteiger partial charge in [-0.2, -0.15) is 0 Å². The van der Waals surface area contributed by atoms with Crippen molar-refractivity contribution < 1.29 is 19.1 Å². The SMILES string of the molecule is O=C(O)C1CCCCN1C(=O)NCc1ccccc1F. The molecular formula is C14H17FN2O3. The summed E-state index contributed by atoms with van der Waals surface area (Å²) in [6.07, 6.45) is 2.05. The average Bonchev–Trinajstić information content (AvgIpc) is 2.46. The summed E-state index contributed by atoms with van der Waals surface area (Å²) in [5.41, 5.74) is 0.379. The topological polar surface area (TPSA) is 69.6 Å². The number of hydrogen-bond acceptors (Lipinski definition) is 2. The molecule has 1 unspecified atom stereocenters. The lowest BCUT2D eigenvalue weighted by molar-refractivity contribution is -0.143. The number of carbonyl (C=O) groups excluding carboxylic acids is 1. The van der Waals surface area contributed by atoms with Gasteiger partial charge < -0.3 is 15.3 Å². The first-order valence-corrected chi connectivity index (χ1v) is 6.60. The van der Waals surface area contributed by atoms with Crippen molar-refractivity contribution >= 4 is 12.0 Å². The molecular weight excluding hydrogens is 263 g/mol. The van der Waals surface area contributed by atoms with Gasteiger partial charge in [0.1, 0.15) is 11.9 Å². The molecule has 1 saturated heterocycles. The minimum absolute atomic E-state index is 0.0499. The van der Waals surface area contributed by atoms with Crippen molar-refractivity contribution in [2.75, 3.05) is 6.54 Å². The van der Waals surface area contributed by atoms with E-state index in [0.29, 0.717) is 18.5 Å². The highest BCUT2D eigenvalue weighted by atomic mass is 19.1. The van der Waals surface area contributed by atoms with Crippen molar-refractivity contribution in [1.29, 1.82) is 0 Å². The fraction of sp³-hybridized carbons (Fsp3) is 0.429. The highest BCUT2D eigenvalue weighted by Crippen LogP contribution is 2.17. The van der Waals surface area contributed by atoms with Gasteiger partial charge in [-0.05, 0) is 25.3 Å². The van der Waals surface area contributed by atoms with E-state index >= 15 is 0 Å². The lowest BCUT2D eigenvalue weighted by Gasteiger charge is -2.32. The third-order valence-corrected chi connectivity index (χ3v) is 3.44. The summed E-state index contributed by atoms with van der Waals surface area (Å²) in [4.78, 5) is 24.5. The maximum atomic E-state index is 13.4. The van der Waals surface area contributed by atoms with Gasteiger partial charge in [0.05, 0.1) is 0 Å². The number of benzene rings is 1. The molecule has 20 heavy (non-hydrogen) atoms. The Bertz CT molecular complexity index is 507. The molecule has 108 valence electrons. The largest absolute Gasteiger partial charge is 0.480 e. The molecule has 1 aliphatic heterocycles. The van der Waals surface area contributed by atoms with Crippen LogP contribution in [0.1, 0.15) is 24.8 Å². The van der Waals surface area contributed by atoms with Crippen molar-refractivity contribution in [3.8, 4) is 0 Å². The predicted molar refractivity (Wildman–Crippen MR) is 70.6 cm³/mol. The molecule has 0 spiro atoms. The van der Waals surface area contributed by atoms with Crippen LogP contribution in [0, 0.1) is 5.82 Å². The molecule has 1 aromatic carbocycles. The van der Waals surface area contributed by atoms with E-state index in [-0.39, 0.29) is 12.4 Å². The summed E-state index contributed by atoms with van der Waals surface area (Å²) in [6.45, 7) is 0.467. The minimum Gasteiger partial charge on any atom is -0.480 e. The number of nitrogens with zero attached hydrogens (tertiary/aromatic N) is 1. The van der Waals surface area contributed by atoms with Crippen LogP contribution < -0.4 is 5.32 Å². The fourth-order valence-corrected chi connectivity index (χ4v) is 2.35. The van der Waals surface area contributed by atoms with Gasteiger partial charge in [0.15, 0.2) is 0 Å². The Labute approximate surface area is 116 Å². The quantitative estimate of drug-likeness (QED) is 0.889. The molecule has 0 aromatic heterocycles. The van der Waals surface area contributed by atoms with E-state index in [9.17, 15) is 14.0 Å². The molecule has 1 aliphatic rings. The Hall–Kier alpha value is -2.11. The monoisotopic (exact) mass is 280 g/mol. The fourth-order valence-electron chi connectivity index (χ4n) is 2.35. The summed E-state index contributed by atoms with van der Waals surface area (Å²) in [5.74, 6) is -1.38. The third-order valence-electron chi connectivity index (χ3n) is 3.44. The Morgan fingerprint density at radius 3 is 2.80 bits per heavy atom. The molecule has 2 rings (SSSR count). The first kappa shape index (κ1) is 14.3. The molecule has 6 heteroatoms. The molecule has 0 radical (unpaired) electrons. The van der Waals surface area contributed by atoms with Crippen LogP contribution in [0.25, 0.3) is 0 Å². The second kappa shape index (κ2) is 6.36. The van der Waals surface area contributed by atoms with Gasteiger partial charge in [0.25, 0.3) is 0 Å². The van der Waals surface area contributed by atoms with E-state index in [0.717, 1.165) is 12.8 Å². The number of aliphatic carboxylic acids is 1. The summed E-state index contributed by atoms with van der Waals surface area (Å²) in [5, 5.41) is 11.7. The number of carboxylic acid groups (broad SMARTS) is 1. The van der Waals surface area contributed by atoms with E-state index in [4.69, 9.17) is 5.11 Å². The van der Waals surface area contributed by atoms with Gasteiger partial charge >= 0.3 is 12.0 Å². The first-order valence-electron chi connectivity index (χ1n) is 6.60. The zero-order chi connectivity index (χ0) is 14.5. The van der Waals surface area contributed by atoms with E-state index < -0.39 is 18.0 Å². The lowest BCUT2D eigenvalue weighted by atomic mass is 10.0. The van der Waals surface area contributed by atoms with Crippen molar-refractivity contribution in [1.82, 2.24) is 10.2 Å². The molecule has 0 saturated carbocycles. The average molecular weight is 280 g/mol. The van der Waals surface area contributed by atoms with Crippen molar-refractivity contribution in [3.05, 3.63) is 35.6 Å². The lowest BCUT2D eigenvalue weighted by Crippen LogP contribution is -2.51.